The molecule has 120 valence electrons. The first-order chi connectivity index (χ1) is 11.1. The monoisotopic (exact) mass is 336 g/mol. The van der Waals surface area contributed by atoms with Crippen LogP contribution in [0.2, 0.25) is 0 Å². The van der Waals surface area contributed by atoms with Crippen LogP contribution < -0.4 is 9.46 Å². The van der Waals surface area contributed by atoms with E-state index in [2.05, 4.69) is 15.0 Å². The summed E-state index contributed by atoms with van der Waals surface area (Å²) in [6.07, 6.45) is 0. The Morgan fingerprint density at radius 2 is 2.00 bits per heavy atom. The molecule has 3 aromatic rings. The van der Waals surface area contributed by atoms with Crippen molar-refractivity contribution in [2.24, 2.45) is 0 Å². The normalized spacial score (nSPS) is 11.3. The van der Waals surface area contributed by atoms with E-state index in [1.54, 1.807) is 24.3 Å². The van der Waals surface area contributed by atoms with Crippen LogP contribution in [0.1, 0.15) is 5.56 Å². The van der Waals surface area contributed by atoms with Crippen molar-refractivity contribution in [3.63, 3.8) is 0 Å². The van der Waals surface area contributed by atoms with Crippen LogP contribution in [0.15, 0.2) is 36.4 Å². The van der Waals surface area contributed by atoms with Crippen molar-refractivity contribution >= 4 is 21.9 Å². The van der Waals surface area contributed by atoms with Gasteiger partial charge in [0.15, 0.2) is 11.6 Å². The fraction of sp³-hybridized carbons (Fsp3) is 0.143. The maximum Gasteiger partial charge on any atom is 0.201 e. The molecule has 2 aromatic carbocycles. The van der Waals surface area contributed by atoms with Gasteiger partial charge in [-0.25, -0.2) is 22.2 Å². The summed E-state index contributed by atoms with van der Waals surface area (Å²) < 4.78 is 43.6. The Balaban J connectivity index is 1.95. The van der Waals surface area contributed by atoms with E-state index in [0.717, 1.165) is 5.56 Å². The highest BCUT2D eigenvalue weighted by molar-refractivity contribution is 7.70. The number of nitrogens with one attached hydrogen (secondary N) is 1. The van der Waals surface area contributed by atoms with Gasteiger partial charge in [-0.3, -0.25) is 0 Å². The van der Waals surface area contributed by atoms with Gasteiger partial charge in [0.25, 0.3) is 0 Å². The van der Waals surface area contributed by atoms with Gasteiger partial charge >= 0.3 is 0 Å². The molecule has 7 nitrogen and oxygen atoms in total. The van der Waals surface area contributed by atoms with E-state index in [4.69, 9.17) is 4.74 Å². The molecule has 0 unspecified atom stereocenters. The lowest BCUT2D eigenvalue weighted by Crippen LogP contribution is -2.10. The Kier molecular flexibility index (Phi) is 4.22. The molecule has 0 aliphatic heterocycles. The molecule has 0 saturated heterocycles. The number of rotatable bonds is 5. The fourth-order valence-electron chi connectivity index (χ4n) is 2.18. The summed E-state index contributed by atoms with van der Waals surface area (Å²) in [5.74, 6) is -0.388. The predicted octanol–water partition coefficient (Wildman–Crippen LogP) is 1.18. The van der Waals surface area contributed by atoms with E-state index in [1.165, 1.54) is 23.9 Å². The molecule has 0 fully saturated rings. The van der Waals surface area contributed by atoms with Crippen LogP contribution in [0.4, 0.5) is 4.39 Å². The zero-order chi connectivity index (χ0) is 16.4. The molecule has 1 N–H and O–H groups in total. The maximum absolute atomic E-state index is 13.9. The molecule has 0 bridgehead atoms. The number of methoxy groups -OCH3 is 1. The molecule has 0 amide bonds. The zero-order valence-corrected chi connectivity index (χ0v) is 13.0. The number of ether oxygens (including phenoxy) is 1. The van der Waals surface area contributed by atoms with E-state index in [-0.39, 0.29) is 12.3 Å². The van der Waals surface area contributed by atoms with Crippen LogP contribution in [-0.2, 0) is 17.4 Å². The van der Waals surface area contributed by atoms with Gasteiger partial charge in [0.2, 0.25) is 10.9 Å². The van der Waals surface area contributed by atoms with Crippen LogP contribution in [0.25, 0.3) is 16.7 Å². The number of aromatic nitrogens is 3. The SMILES string of the molecule is COc1cc2nnn(-c3ccc(CN[SH](=O)=O)cc3)c2cc1F. The predicted molar refractivity (Wildman–Crippen MR) is 82.5 cm³/mol. The van der Waals surface area contributed by atoms with Gasteiger partial charge in [0.05, 0.1) is 18.3 Å². The van der Waals surface area contributed by atoms with Crippen molar-refractivity contribution in [1.29, 1.82) is 0 Å². The van der Waals surface area contributed by atoms with Gasteiger partial charge in [-0.15, -0.1) is 5.10 Å². The number of thiol groups is 1. The molecule has 0 spiro atoms. The maximum atomic E-state index is 13.9. The van der Waals surface area contributed by atoms with Gasteiger partial charge in [0.1, 0.15) is 5.52 Å². The lowest BCUT2D eigenvalue weighted by molar-refractivity contribution is 0.387. The first-order valence-electron chi connectivity index (χ1n) is 6.64. The zero-order valence-electron chi connectivity index (χ0n) is 12.1. The molecule has 0 radical (unpaired) electrons. The average Bonchev–Trinajstić information content (AvgIpc) is 2.95. The Morgan fingerprint density at radius 1 is 1.26 bits per heavy atom. The molecule has 9 heteroatoms. The van der Waals surface area contributed by atoms with Gasteiger partial charge in [-0.05, 0) is 17.7 Å². The van der Waals surface area contributed by atoms with Gasteiger partial charge in [0, 0.05) is 18.7 Å². The molecule has 23 heavy (non-hydrogen) atoms. The Bertz CT molecular complexity index is 914. The van der Waals surface area contributed by atoms with Crippen LogP contribution >= 0.6 is 0 Å². The summed E-state index contributed by atoms with van der Waals surface area (Å²) >= 11 is 0. The molecule has 0 saturated carbocycles. The van der Waals surface area contributed by atoms with Crippen molar-refractivity contribution in [1.82, 2.24) is 19.7 Å². The standard InChI is InChI=1S/C14H13FN4O3S/c1-22-14-7-12-13(6-11(14)15)19(18-17-12)10-4-2-9(3-5-10)8-16-23(20)21/h2-7,23H,8H2,1H3,(H,16,20,21). The minimum absolute atomic E-state index is 0.109. The lowest BCUT2D eigenvalue weighted by atomic mass is 10.2. The molecule has 3 rings (SSSR count). The Morgan fingerprint density at radius 3 is 2.65 bits per heavy atom. The van der Waals surface area contributed by atoms with Crippen LogP contribution in [0.3, 0.4) is 0 Å². The van der Waals surface area contributed by atoms with Gasteiger partial charge in [-0.2, -0.15) is 0 Å². The average molecular weight is 336 g/mol. The molecular formula is C14H13FN4O3S. The summed E-state index contributed by atoms with van der Waals surface area (Å²) in [5.41, 5.74) is 2.51. The molecule has 0 atom stereocenters. The van der Waals surface area contributed by atoms with Crippen molar-refractivity contribution in [2.45, 2.75) is 6.54 Å². The quantitative estimate of drug-likeness (QED) is 0.684. The molecule has 0 aliphatic carbocycles. The molecule has 1 heterocycles. The minimum atomic E-state index is -2.63. The smallest absolute Gasteiger partial charge is 0.201 e. The van der Waals surface area contributed by atoms with E-state index < -0.39 is 16.7 Å². The number of halogens is 1. The second kappa shape index (κ2) is 6.31. The second-order valence-electron chi connectivity index (χ2n) is 4.74. The third-order valence-electron chi connectivity index (χ3n) is 3.31. The van der Waals surface area contributed by atoms with Gasteiger partial charge in [-0.1, -0.05) is 17.3 Å². The van der Waals surface area contributed by atoms with Gasteiger partial charge < -0.3 is 4.74 Å². The largest absolute Gasteiger partial charge is 0.494 e. The highest BCUT2D eigenvalue weighted by Gasteiger charge is 2.12. The Labute approximate surface area is 132 Å². The van der Waals surface area contributed by atoms with E-state index >= 15 is 0 Å². The third kappa shape index (κ3) is 3.15. The first-order valence-corrected chi connectivity index (χ1v) is 7.82. The summed E-state index contributed by atoms with van der Waals surface area (Å²) in [7, 11) is -1.25. The number of hydrogen-bond donors (Lipinski definition) is 2. The first kappa shape index (κ1) is 15.4. The Hall–Kier alpha value is -2.52. The van der Waals surface area contributed by atoms with Crippen molar-refractivity contribution in [2.75, 3.05) is 7.11 Å². The van der Waals surface area contributed by atoms with E-state index in [1.807, 2.05) is 0 Å². The highest BCUT2D eigenvalue weighted by Crippen LogP contribution is 2.24. The van der Waals surface area contributed by atoms with Crippen molar-refractivity contribution in [3.8, 4) is 11.4 Å². The van der Waals surface area contributed by atoms with Crippen LogP contribution in [0, 0.1) is 5.82 Å². The summed E-state index contributed by atoms with van der Waals surface area (Å²) in [6.45, 7) is 0.211. The van der Waals surface area contributed by atoms with Crippen LogP contribution in [-0.4, -0.2) is 30.5 Å². The molecular weight excluding hydrogens is 323 g/mol. The van der Waals surface area contributed by atoms with E-state index in [9.17, 15) is 12.8 Å². The summed E-state index contributed by atoms with van der Waals surface area (Å²) in [4.78, 5) is 0. The number of fused-ring (bicyclic) bond motifs is 1. The van der Waals surface area contributed by atoms with Crippen LogP contribution in [0.5, 0.6) is 5.75 Å². The molecule has 0 aliphatic rings. The number of nitrogens with zero attached hydrogens (tertiary/aromatic N) is 3. The fourth-order valence-corrected chi connectivity index (χ4v) is 2.49. The van der Waals surface area contributed by atoms with Crippen molar-refractivity contribution in [3.05, 3.63) is 47.8 Å². The van der Waals surface area contributed by atoms with E-state index in [0.29, 0.717) is 16.7 Å². The minimum Gasteiger partial charge on any atom is -0.494 e. The number of benzene rings is 2. The highest BCUT2D eigenvalue weighted by atomic mass is 32.2. The number of hydrogen-bond acceptors (Lipinski definition) is 5. The third-order valence-corrected chi connectivity index (χ3v) is 3.73. The summed E-state index contributed by atoms with van der Waals surface area (Å²) in [6, 6.07) is 9.82. The summed E-state index contributed by atoms with van der Waals surface area (Å²) in [5, 5.41) is 8.02. The lowest BCUT2D eigenvalue weighted by Gasteiger charge is -2.05. The van der Waals surface area contributed by atoms with Crippen molar-refractivity contribution < 1.29 is 17.5 Å². The molecule has 1 aromatic heterocycles. The topological polar surface area (TPSA) is 86.1 Å². The second-order valence-corrected chi connectivity index (χ2v) is 5.57.